The van der Waals surface area contributed by atoms with Gasteiger partial charge in [0.1, 0.15) is 12.4 Å². The average Bonchev–Trinajstić information content (AvgIpc) is 2.69. The first-order chi connectivity index (χ1) is 13.2. The number of halogens is 1. The van der Waals surface area contributed by atoms with Crippen LogP contribution in [0.2, 0.25) is 5.02 Å². The van der Waals surface area contributed by atoms with Crippen LogP contribution in [0.1, 0.15) is 43.2 Å². The maximum atomic E-state index is 12.6. The van der Waals surface area contributed by atoms with Crippen molar-refractivity contribution in [1.82, 2.24) is 0 Å². The molecular weight excluding hydrogens is 358 g/mol. The molecule has 1 saturated carbocycles. The zero-order chi connectivity index (χ0) is 18.6. The molecule has 1 heterocycles. The van der Waals surface area contributed by atoms with Crippen LogP contribution in [-0.4, -0.2) is 12.5 Å². The fraction of sp³-hybridized carbons (Fsp3) is 0.348. The number of hydrogen-bond acceptors (Lipinski definition) is 2. The molecule has 0 spiro atoms. The normalized spacial score (nSPS) is 16.9. The van der Waals surface area contributed by atoms with Crippen molar-refractivity contribution in [3.8, 4) is 5.75 Å². The van der Waals surface area contributed by atoms with E-state index in [9.17, 15) is 4.79 Å². The highest BCUT2D eigenvalue weighted by Gasteiger charge is 2.18. The third-order valence-electron chi connectivity index (χ3n) is 5.44. The lowest BCUT2D eigenvalue weighted by atomic mass is 9.85. The Morgan fingerprint density at radius 2 is 1.85 bits per heavy atom. The maximum absolute atomic E-state index is 12.6. The van der Waals surface area contributed by atoms with Gasteiger partial charge in [-0.2, -0.15) is 0 Å². The van der Waals surface area contributed by atoms with Crippen molar-refractivity contribution in [2.75, 3.05) is 11.9 Å². The molecule has 0 radical (unpaired) electrons. The van der Waals surface area contributed by atoms with Gasteiger partial charge in [0.25, 0.3) is 5.91 Å². The highest BCUT2D eigenvalue weighted by molar-refractivity contribution is 6.30. The van der Waals surface area contributed by atoms with Crippen molar-refractivity contribution in [3.63, 3.8) is 0 Å². The van der Waals surface area contributed by atoms with E-state index in [1.54, 1.807) is 6.07 Å². The predicted molar refractivity (Wildman–Crippen MR) is 110 cm³/mol. The van der Waals surface area contributed by atoms with Crippen LogP contribution in [0, 0.1) is 5.92 Å². The molecule has 0 unspecified atom stereocenters. The van der Waals surface area contributed by atoms with Gasteiger partial charge >= 0.3 is 0 Å². The van der Waals surface area contributed by atoms with E-state index >= 15 is 0 Å². The minimum Gasteiger partial charge on any atom is -0.488 e. The van der Waals surface area contributed by atoms with Crippen LogP contribution in [-0.2, 0) is 11.2 Å². The monoisotopic (exact) mass is 381 g/mol. The SMILES string of the molecule is O=C(Nc1ccc(CC2CCCCC2)cc1)C1=Cc2cc(Cl)ccc2OC1. The molecule has 1 amide bonds. The summed E-state index contributed by atoms with van der Waals surface area (Å²) in [6, 6.07) is 13.7. The van der Waals surface area contributed by atoms with Gasteiger partial charge in [-0.3, -0.25) is 4.79 Å². The molecule has 2 aromatic rings. The van der Waals surface area contributed by atoms with Gasteiger partial charge in [0.15, 0.2) is 0 Å². The van der Waals surface area contributed by atoms with Crippen molar-refractivity contribution in [3.05, 3.63) is 64.2 Å². The first-order valence-corrected chi connectivity index (χ1v) is 10.1. The molecule has 140 valence electrons. The van der Waals surface area contributed by atoms with Crippen molar-refractivity contribution in [1.29, 1.82) is 0 Å². The lowest BCUT2D eigenvalue weighted by Gasteiger charge is -2.21. The van der Waals surface area contributed by atoms with E-state index in [1.807, 2.05) is 30.3 Å². The van der Waals surface area contributed by atoms with E-state index < -0.39 is 0 Å². The zero-order valence-electron chi connectivity index (χ0n) is 15.3. The number of nitrogens with one attached hydrogen (secondary N) is 1. The molecule has 0 bridgehead atoms. The second kappa shape index (κ2) is 8.18. The first kappa shape index (κ1) is 18.1. The van der Waals surface area contributed by atoms with Crippen LogP contribution >= 0.6 is 11.6 Å². The standard InChI is InChI=1S/C23H24ClNO2/c24-20-8-11-22-18(14-20)13-19(15-27-22)23(26)25-21-9-6-17(7-10-21)12-16-4-2-1-3-5-16/h6-11,13-14,16H,1-5,12,15H2,(H,25,26). The molecule has 2 aliphatic rings. The predicted octanol–water partition coefficient (Wildman–Crippen LogP) is 5.88. The molecule has 3 nitrogen and oxygen atoms in total. The van der Waals surface area contributed by atoms with Crippen LogP contribution in [0.25, 0.3) is 6.08 Å². The molecule has 27 heavy (non-hydrogen) atoms. The highest BCUT2D eigenvalue weighted by atomic mass is 35.5. The summed E-state index contributed by atoms with van der Waals surface area (Å²) in [7, 11) is 0. The van der Waals surface area contributed by atoms with Crippen molar-refractivity contribution in [2.24, 2.45) is 5.92 Å². The van der Waals surface area contributed by atoms with Gasteiger partial charge in [0, 0.05) is 16.3 Å². The van der Waals surface area contributed by atoms with Gasteiger partial charge < -0.3 is 10.1 Å². The zero-order valence-corrected chi connectivity index (χ0v) is 16.1. The van der Waals surface area contributed by atoms with Crippen LogP contribution < -0.4 is 10.1 Å². The molecular formula is C23H24ClNO2. The Kier molecular flexibility index (Phi) is 5.49. The Labute approximate surface area is 165 Å². The van der Waals surface area contributed by atoms with E-state index in [0.717, 1.165) is 29.3 Å². The fourth-order valence-corrected chi connectivity index (χ4v) is 4.12. The Hall–Kier alpha value is -2.26. The molecule has 2 aromatic carbocycles. The van der Waals surface area contributed by atoms with Gasteiger partial charge in [0.05, 0.1) is 5.57 Å². The molecule has 1 aliphatic carbocycles. The van der Waals surface area contributed by atoms with E-state index in [0.29, 0.717) is 10.6 Å². The third kappa shape index (κ3) is 4.54. The van der Waals surface area contributed by atoms with Gasteiger partial charge in [-0.1, -0.05) is 55.8 Å². The number of hydrogen-bond donors (Lipinski definition) is 1. The number of rotatable bonds is 4. The van der Waals surface area contributed by atoms with Gasteiger partial charge in [-0.25, -0.2) is 0 Å². The molecule has 1 aliphatic heterocycles. The first-order valence-electron chi connectivity index (χ1n) is 9.70. The Morgan fingerprint density at radius 3 is 2.63 bits per heavy atom. The average molecular weight is 382 g/mol. The summed E-state index contributed by atoms with van der Waals surface area (Å²) in [5.74, 6) is 1.43. The molecule has 0 atom stereocenters. The van der Waals surface area contributed by atoms with Gasteiger partial charge in [-0.15, -0.1) is 0 Å². The number of anilines is 1. The lowest BCUT2D eigenvalue weighted by Crippen LogP contribution is -2.21. The second-order valence-electron chi connectivity index (χ2n) is 7.50. The summed E-state index contributed by atoms with van der Waals surface area (Å²) in [5.41, 5.74) is 3.59. The van der Waals surface area contributed by atoms with E-state index in [2.05, 4.69) is 17.4 Å². The maximum Gasteiger partial charge on any atom is 0.255 e. The topological polar surface area (TPSA) is 38.3 Å². The van der Waals surface area contributed by atoms with Gasteiger partial charge in [0.2, 0.25) is 0 Å². The van der Waals surface area contributed by atoms with Crippen molar-refractivity contribution < 1.29 is 9.53 Å². The summed E-state index contributed by atoms with van der Waals surface area (Å²) in [6.07, 6.45) is 9.80. The number of ether oxygens (including phenoxy) is 1. The molecule has 0 saturated heterocycles. The summed E-state index contributed by atoms with van der Waals surface area (Å²) >= 11 is 6.03. The van der Waals surface area contributed by atoms with E-state index in [1.165, 1.54) is 37.7 Å². The summed E-state index contributed by atoms with van der Waals surface area (Å²) < 4.78 is 5.67. The third-order valence-corrected chi connectivity index (χ3v) is 5.67. The molecule has 0 aromatic heterocycles. The Balaban J connectivity index is 1.39. The Bertz CT molecular complexity index is 851. The molecule has 4 rings (SSSR count). The summed E-state index contributed by atoms with van der Waals surface area (Å²) in [6.45, 7) is 0.264. The van der Waals surface area contributed by atoms with Crippen LogP contribution in [0.15, 0.2) is 48.0 Å². The summed E-state index contributed by atoms with van der Waals surface area (Å²) in [4.78, 5) is 12.6. The lowest BCUT2D eigenvalue weighted by molar-refractivity contribution is -0.113. The fourth-order valence-electron chi connectivity index (χ4n) is 3.94. The number of amides is 1. The van der Waals surface area contributed by atoms with Crippen molar-refractivity contribution in [2.45, 2.75) is 38.5 Å². The number of fused-ring (bicyclic) bond motifs is 1. The number of carbonyl (C=O) groups excluding carboxylic acids is 1. The minimum absolute atomic E-state index is 0.138. The number of carbonyl (C=O) groups is 1. The quantitative estimate of drug-likeness (QED) is 0.718. The van der Waals surface area contributed by atoms with Crippen LogP contribution in [0.5, 0.6) is 5.75 Å². The minimum atomic E-state index is -0.138. The largest absolute Gasteiger partial charge is 0.488 e. The Morgan fingerprint density at radius 1 is 1.07 bits per heavy atom. The van der Waals surface area contributed by atoms with Crippen LogP contribution in [0.3, 0.4) is 0 Å². The summed E-state index contributed by atoms with van der Waals surface area (Å²) in [5, 5.41) is 3.60. The smallest absolute Gasteiger partial charge is 0.255 e. The second-order valence-corrected chi connectivity index (χ2v) is 7.94. The highest BCUT2D eigenvalue weighted by Crippen LogP contribution is 2.30. The molecule has 1 N–H and O–H groups in total. The van der Waals surface area contributed by atoms with Crippen LogP contribution in [0.4, 0.5) is 5.69 Å². The van der Waals surface area contributed by atoms with Gasteiger partial charge in [-0.05, 0) is 54.3 Å². The van der Waals surface area contributed by atoms with E-state index in [-0.39, 0.29) is 12.5 Å². The molecule has 4 heteroatoms. The van der Waals surface area contributed by atoms with E-state index in [4.69, 9.17) is 16.3 Å². The number of benzene rings is 2. The molecule has 1 fully saturated rings. The van der Waals surface area contributed by atoms with Crippen molar-refractivity contribution >= 4 is 29.3 Å².